The summed E-state index contributed by atoms with van der Waals surface area (Å²) in [5.41, 5.74) is 2.07. The number of carbonyl (C=O) groups excluding carboxylic acids is 4. The maximum Gasteiger partial charge on any atom is 0.513 e. The molecule has 3 rings (SSSR count). The first-order valence-corrected chi connectivity index (χ1v) is 13.5. The van der Waals surface area contributed by atoms with Crippen LogP contribution in [-0.4, -0.2) is 43.9 Å². The number of ether oxygens (including phenoxy) is 6. The lowest BCUT2D eigenvalue weighted by Crippen LogP contribution is -2.12. The van der Waals surface area contributed by atoms with E-state index < -0.39 is 18.1 Å². The molecule has 0 radical (unpaired) electrons. The number of benzene rings is 3. The van der Waals surface area contributed by atoms with E-state index in [2.05, 4.69) is 17.9 Å². The minimum Gasteiger partial charge on any atom is -0.494 e. The van der Waals surface area contributed by atoms with Crippen LogP contribution in [0.15, 0.2) is 98.3 Å². The van der Waals surface area contributed by atoms with Gasteiger partial charge < -0.3 is 28.4 Å². The standard InChI is InChI=1S/C33H32O10/c1-3-30(34)40-21-5-6-22-41-33(37)43-29-15-13-25(14-16-29)24-9-11-26(12-10-24)32(36)42-28-19-17-27(18-20-28)39-23-7-8-31(35)38-4-2/h3-4,9-20H,1-2,5-8,21-23H2. The summed E-state index contributed by atoms with van der Waals surface area (Å²) in [6.45, 7) is 7.33. The number of unbranched alkanes of at least 4 members (excludes halogenated alkanes) is 1. The molecule has 0 amide bonds. The van der Waals surface area contributed by atoms with Gasteiger partial charge in [0.15, 0.2) is 0 Å². The Balaban J connectivity index is 1.41. The molecule has 10 heteroatoms. The second kappa shape index (κ2) is 17.4. The van der Waals surface area contributed by atoms with Crippen LogP contribution < -0.4 is 14.2 Å². The van der Waals surface area contributed by atoms with Gasteiger partial charge in [0.1, 0.15) is 17.2 Å². The molecule has 43 heavy (non-hydrogen) atoms. The Bertz CT molecular complexity index is 1380. The predicted octanol–water partition coefficient (Wildman–Crippen LogP) is 6.44. The summed E-state index contributed by atoms with van der Waals surface area (Å²) in [6.07, 6.45) is 3.12. The highest BCUT2D eigenvalue weighted by Crippen LogP contribution is 2.24. The lowest BCUT2D eigenvalue weighted by Gasteiger charge is -2.09. The van der Waals surface area contributed by atoms with Crippen molar-refractivity contribution < 1.29 is 47.6 Å². The normalized spacial score (nSPS) is 10.1. The van der Waals surface area contributed by atoms with Gasteiger partial charge in [0.25, 0.3) is 0 Å². The van der Waals surface area contributed by atoms with Crippen LogP contribution in [0.4, 0.5) is 4.79 Å². The second-order valence-electron chi connectivity index (χ2n) is 8.85. The molecule has 3 aromatic rings. The van der Waals surface area contributed by atoms with Crippen molar-refractivity contribution in [2.45, 2.75) is 25.7 Å². The van der Waals surface area contributed by atoms with Crippen molar-refractivity contribution in [3.05, 3.63) is 104 Å². The lowest BCUT2D eigenvalue weighted by atomic mass is 10.0. The van der Waals surface area contributed by atoms with E-state index in [1.807, 2.05) is 0 Å². The minimum atomic E-state index is -0.830. The number of carbonyl (C=O) groups is 4. The van der Waals surface area contributed by atoms with Gasteiger partial charge in [0.05, 0.1) is 31.6 Å². The summed E-state index contributed by atoms with van der Waals surface area (Å²) < 4.78 is 30.7. The van der Waals surface area contributed by atoms with Crippen LogP contribution in [0.5, 0.6) is 17.2 Å². The van der Waals surface area contributed by atoms with E-state index in [4.69, 9.17) is 23.7 Å². The third kappa shape index (κ3) is 11.6. The molecule has 0 aliphatic carbocycles. The molecule has 0 aliphatic rings. The van der Waals surface area contributed by atoms with E-state index >= 15 is 0 Å². The fourth-order valence-electron chi connectivity index (χ4n) is 3.56. The molecule has 0 unspecified atom stereocenters. The number of hydrogen-bond donors (Lipinski definition) is 0. The first-order chi connectivity index (χ1) is 20.9. The van der Waals surface area contributed by atoms with Gasteiger partial charge in [0, 0.05) is 12.5 Å². The van der Waals surface area contributed by atoms with Crippen molar-refractivity contribution in [1.82, 2.24) is 0 Å². The molecule has 0 saturated carbocycles. The van der Waals surface area contributed by atoms with Crippen LogP contribution in [0.3, 0.4) is 0 Å². The van der Waals surface area contributed by atoms with Gasteiger partial charge in [-0.25, -0.2) is 14.4 Å². The van der Waals surface area contributed by atoms with E-state index in [-0.39, 0.29) is 25.6 Å². The Labute approximate surface area is 249 Å². The number of hydrogen-bond acceptors (Lipinski definition) is 10. The summed E-state index contributed by atoms with van der Waals surface area (Å²) in [5.74, 6) is -0.117. The molecule has 0 bridgehead atoms. The topological polar surface area (TPSA) is 124 Å². The maximum atomic E-state index is 12.6. The van der Waals surface area contributed by atoms with Crippen LogP contribution in [0.25, 0.3) is 11.1 Å². The molecule has 0 fully saturated rings. The summed E-state index contributed by atoms with van der Waals surface area (Å²) in [7, 11) is 0. The molecule has 224 valence electrons. The molecule has 0 spiro atoms. The highest BCUT2D eigenvalue weighted by Gasteiger charge is 2.11. The van der Waals surface area contributed by atoms with Crippen molar-refractivity contribution in [2.75, 3.05) is 19.8 Å². The molecular weight excluding hydrogens is 556 g/mol. The number of rotatable bonds is 16. The Morgan fingerprint density at radius 3 is 1.81 bits per heavy atom. The van der Waals surface area contributed by atoms with Crippen molar-refractivity contribution in [3.63, 3.8) is 0 Å². The Kier molecular flexibility index (Phi) is 13.0. The highest BCUT2D eigenvalue weighted by molar-refractivity contribution is 5.91. The molecule has 0 aliphatic heterocycles. The largest absolute Gasteiger partial charge is 0.513 e. The van der Waals surface area contributed by atoms with Gasteiger partial charge in [-0.3, -0.25) is 4.79 Å². The van der Waals surface area contributed by atoms with Crippen molar-refractivity contribution in [1.29, 1.82) is 0 Å². The fraction of sp³-hybridized carbons (Fsp3) is 0.212. The molecule has 0 N–H and O–H groups in total. The van der Waals surface area contributed by atoms with Crippen molar-refractivity contribution >= 4 is 24.1 Å². The maximum absolute atomic E-state index is 12.6. The Morgan fingerprint density at radius 1 is 0.628 bits per heavy atom. The zero-order valence-electron chi connectivity index (χ0n) is 23.5. The first-order valence-electron chi connectivity index (χ1n) is 13.5. The Hall–Kier alpha value is -5.38. The summed E-state index contributed by atoms with van der Waals surface area (Å²) in [5, 5.41) is 0. The van der Waals surface area contributed by atoms with E-state index in [1.54, 1.807) is 72.8 Å². The van der Waals surface area contributed by atoms with E-state index in [0.29, 0.717) is 48.7 Å². The summed E-state index contributed by atoms with van der Waals surface area (Å²) in [4.78, 5) is 46.7. The minimum absolute atomic E-state index is 0.134. The predicted molar refractivity (Wildman–Crippen MR) is 157 cm³/mol. The van der Waals surface area contributed by atoms with Gasteiger partial charge in [-0.05, 0) is 78.9 Å². The average molecular weight is 589 g/mol. The average Bonchev–Trinajstić information content (AvgIpc) is 3.02. The van der Waals surface area contributed by atoms with Gasteiger partial charge in [-0.2, -0.15) is 0 Å². The molecule has 0 saturated heterocycles. The smallest absolute Gasteiger partial charge is 0.494 e. The van der Waals surface area contributed by atoms with Crippen LogP contribution in [0, 0.1) is 0 Å². The quantitative estimate of drug-likeness (QED) is 0.0351. The SMILES string of the molecule is C=COC(=O)CCCOc1ccc(OC(=O)c2ccc(-c3ccc(OC(=O)OCCCCOC(=O)C=C)cc3)cc2)cc1. The van der Waals surface area contributed by atoms with Gasteiger partial charge in [-0.1, -0.05) is 37.4 Å². The van der Waals surface area contributed by atoms with Crippen molar-refractivity contribution in [3.8, 4) is 28.4 Å². The highest BCUT2D eigenvalue weighted by atomic mass is 16.7. The van der Waals surface area contributed by atoms with Gasteiger partial charge in [0.2, 0.25) is 0 Å². The van der Waals surface area contributed by atoms with Gasteiger partial charge in [-0.15, -0.1) is 0 Å². The zero-order chi connectivity index (χ0) is 30.9. The third-order valence-electron chi connectivity index (χ3n) is 5.72. The molecule has 0 atom stereocenters. The molecule has 0 heterocycles. The molecule has 3 aromatic carbocycles. The second-order valence-corrected chi connectivity index (χ2v) is 8.85. The molecule has 10 nitrogen and oxygen atoms in total. The van der Waals surface area contributed by atoms with Gasteiger partial charge >= 0.3 is 24.1 Å². The van der Waals surface area contributed by atoms with Crippen LogP contribution in [0.2, 0.25) is 0 Å². The lowest BCUT2D eigenvalue weighted by molar-refractivity contribution is -0.139. The first kappa shape index (κ1) is 32.1. The van der Waals surface area contributed by atoms with Crippen LogP contribution in [0.1, 0.15) is 36.0 Å². The molecule has 0 aromatic heterocycles. The summed E-state index contributed by atoms with van der Waals surface area (Å²) in [6, 6.07) is 20.3. The monoisotopic (exact) mass is 588 g/mol. The molecular formula is C33H32O10. The Morgan fingerprint density at radius 2 is 1.19 bits per heavy atom. The summed E-state index contributed by atoms with van der Waals surface area (Å²) >= 11 is 0. The van der Waals surface area contributed by atoms with E-state index in [1.165, 1.54) is 0 Å². The van der Waals surface area contributed by atoms with E-state index in [0.717, 1.165) is 23.5 Å². The van der Waals surface area contributed by atoms with E-state index in [9.17, 15) is 19.2 Å². The third-order valence-corrected chi connectivity index (χ3v) is 5.72. The fourth-order valence-corrected chi connectivity index (χ4v) is 3.56. The van der Waals surface area contributed by atoms with Crippen molar-refractivity contribution in [2.24, 2.45) is 0 Å². The zero-order valence-corrected chi connectivity index (χ0v) is 23.5. The van der Waals surface area contributed by atoms with Crippen LogP contribution >= 0.6 is 0 Å². The van der Waals surface area contributed by atoms with Crippen LogP contribution in [-0.2, 0) is 23.8 Å². The number of esters is 3.